The number of halogens is 1. The first-order chi connectivity index (χ1) is 18.5. The molecular weight excluding hydrogens is 538 g/mol. The second-order valence-electron chi connectivity index (χ2n) is 10.4. The molecule has 2 fully saturated rings. The second-order valence-corrected chi connectivity index (χ2v) is 11.3. The van der Waals surface area contributed by atoms with E-state index in [-0.39, 0.29) is 11.8 Å². The monoisotopic (exact) mass is 573 g/mol. The SMILES string of the molecule is C=C/C(=C\C=C/C)CNc1cc(C2CCCN(C(=O)Cc3ccc(C)c(C4CC4)c3)C2)nc2c(Br)cnn12. The number of piperidine rings is 1. The van der Waals surface area contributed by atoms with Crippen LogP contribution in [0.1, 0.15) is 66.8 Å². The van der Waals surface area contributed by atoms with E-state index in [0.29, 0.717) is 25.4 Å². The number of anilines is 1. The minimum atomic E-state index is 0.178. The third kappa shape index (κ3) is 5.93. The Bertz CT molecular complexity index is 1400. The van der Waals surface area contributed by atoms with E-state index in [9.17, 15) is 4.79 Å². The molecule has 3 aromatic rings. The van der Waals surface area contributed by atoms with Crippen molar-refractivity contribution in [2.24, 2.45) is 0 Å². The minimum absolute atomic E-state index is 0.178. The lowest BCUT2D eigenvalue weighted by Crippen LogP contribution is -2.40. The van der Waals surface area contributed by atoms with Gasteiger partial charge in [-0.15, -0.1) is 0 Å². The van der Waals surface area contributed by atoms with Crippen LogP contribution in [0.15, 0.2) is 71.4 Å². The lowest BCUT2D eigenvalue weighted by Gasteiger charge is -2.33. The minimum Gasteiger partial charge on any atom is -0.366 e. The van der Waals surface area contributed by atoms with Gasteiger partial charge in [0, 0.05) is 31.6 Å². The summed E-state index contributed by atoms with van der Waals surface area (Å²) in [5.41, 5.74) is 6.74. The van der Waals surface area contributed by atoms with Crippen LogP contribution >= 0.6 is 15.9 Å². The van der Waals surface area contributed by atoms with Gasteiger partial charge in [0.2, 0.25) is 5.91 Å². The van der Waals surface area contributed by atoms with Gasteiger partial charge in [0.1, 0.15) is 5.82 Å². The molecule has 0 bridgehead atoms. The topological polar surface area (TPSA) is 62.5 Å². The van der Waals surface area contributed by atoms with Crippen molar-refractivity contribution in [3.8, 4) is 0 Å². The molecule has 1 aliphatic carbocycles. The van der Waals surface area contributed by atoms with Crippen molar-refractivity contribution in [1.82, 2.24) is 19.5 Å². The number of aromatic nitrogens is 3. The summed E-state index contributed by atoms with van der Waals surface area (Å²) >= 11 is 3.61. The van der Waals surface area contributed by atoms with Crippen LogP contribution in [-0.2, 0) is 11.2 Å². The number of hydrogen-bond donors (Lipinski definition) is 1. The Kier molecular flexibility index (Phi) is 8.12. The Morgan fingerprint density at radius 3 is 2.84 bits per heavy atom. The number of carbonyl (C=O) groups excluding carboxylic acids is 1. The molecule has 0 spiro atoms. The quantitative estimate of drug-likeness (QED) is 0.288. The molecule has 1 aliphatic heterocycles. The van der Waals surface area contributed by atoms with E-state index in [0.717, 1.165) is 52.2 Å². The number of aryl methyl sites for hydroxylation is 1. The number of hydrogen-bond acceptors (Lipinski definition) is 4. The van der Waals surface area contributed by atoms with Crippen LogP contribution in [0.5, 0.6) is 0 Å². The summed E-state index contributed by atoms with van der Waals surface area (Å²) in [6.45, 7) is 10.2. The number of nitrogens with zero attached hydrogens (tertiary/aromatic N) is 4. The van der Waals surface area contributed by atoms with Crippen molar-refractivity contribution >= 4 is 33.3 Å². The lowest BCUT2D eigenvalue weighted by atomic mass is 9.93. The predicted molar refractivity (Wildman–Crippen MR) is 158 cm³/mol. The standard InChI is InChI=1S/C31H36BrN5O/c1-4-6-8-22(5-2)18-33-29-17-28(35-31-27(32)19-34-37(29)31)25-9-7-14-36(20-25)30(38)16-23-11-10-21(3)26(15-23)24-12-13-24/h4-6,8,10-11,15,17,19,24-25,33H,2,7,9,12-14,16,18,20H2,1,3H3/b6-4-,22-8+. The zero-order valence-electron chi connectivity index (χ0n) is 22.3. The van der Waals surface area contributed by atoms with Gasteiger partial charge in [-0.05, 0) is 83.6 Å². The highest BCUT2D eigenvalue weighted by atomic mass is 79.9. The van der Waals surface area contributed by atoms with E-state index in [1.54, 1.807) is 6.20 Å². The fourth-order valence-electron chi connectivity index (χ4n) is 5.27. The molecule has 1 saturated heterocycles. The van der Waals surface area contributed by atoms with Gasteiger partial charge in [-0.25, -0.2) is 4.98 Å². The molecule has 5 rings (SSSR count). The first kappa shape index (κ1) is 26.4. The van der Waals surface area contributed by atoms with Gasteiger partial charge >= 0.3 is 0 Å². The number of likely N-dealkylation sites (tertiary alicyclic amines) is 1. The number of nitrogens with one attached hydrogen (secondary N) is 1. The molecule has 7 heteroatoms. The molecule has 38 heavy (non-hydrogen) atoms. The van der Waals surface area contributed by atoms with Gasteiger partial charge in [0.15, 0.2) is 5.65 Å². The molecule has 6 nitrogen and oxygen atoms in total. The Hall–Kier alpha value is -3.19. The molecule has 1 amide bonds. The second kappa shape index (κ2) is 11.7. The molecule has 1 unspecified atom stereocenters. The summed E-state index contributed by atoms with van der Waals surface area (Å²) < 4.78 is 2.68. The largest absolute Gasteiger partial charge is 0.366 e. The van der Waals surface area contributed by atoms with Crippen molar-refractivity contribution in [2.75, 3.05) is 25.0 Å². The lowest BCUT2D eigenvalue weighted by molar-refractivity contribution is -0.131. The molecule has 1 saturated carbocycles. The van der Waals surface area contributed by atoms with Gasteiger partial charge in [0.25, 0.3) is 0 Å². The van der Waals surface area contributed by atoms with Crippen LogP contribution in [0.3, 0.4) is 0 Å². The highest BCUT2D eigenvalue weighted by Crippen LogP contribution is 2.42. The average Bonchev–Trinajstić information content (AvgIpc) is 3.72. The van der Waals surface area contributed by atoms with E-state index in [1.807, 2.05) is 40.6 Å². The van der Waals surface area contributed by atoms with Crippen molar-refractivity contribution < 1.29 is 4.79 Å². The van der Waals surface area contributed by atoms with Gasteiger partial charge in [-0.1, -0.05) is 49.1 Å². The first-order valence-corrected chi connectivity index (χ1v) is 14.4. The number of fused-ring (bicyclic) bond motifs is 1. The van der Waals surface area contributed by atoms with Crippen LogP contribution in [0.4, 0.5) is 5.82 Å². The summed E-state index contributed by atoms with van der Waals surface area (Å²) in [5, 5.41) is 8.03. The van der Waals surface area contributed by atoms with Gasteiger partial charge in [-0.3, -0.25) is 4.79 Å². The van der Waals surface area contributed by atoms with E-state index in [4.69, 9.17) is 4.98 Å². The molecule has 1 aromatic carbocycles. The normalized spacial score (nSPS) is 18.3. The number of benzene rings is 1. The Morgan fingerprint density at radius 1 is 1.24 bits per heavy atom. The molecule has 2 aliphatic rings. The predicted octanol–water partition coefficient (Wildman–Crippen LogP) is 6.73. The summed E-state index contributed by atoms with van der Waals surface area (Å²) in [4.78, 5) is 20.4. The van der Waals surface area contributed by atoms with Gasteiger partial charge < -0.3 is 10.2 Å². The van der Waals surface area contributed by atoms with Crippen LogP contribution in [-0.4, -0.2) is 45.0 Å². The molecule has 3 heterocycles. The summed E-state index contributed by atoms with van der Waals surface area (Å²) in [5.74, 6) is 1.95. The van der Waals surface area contributed by atoms with Crippen molar-refractivity contribution in [3.63, 3.8) is 0 Å². The van der Waals surface area contributed by atoms with Gasteiger partial charge in [0.05, 0.1) is 22.8 Å². The average molecular weight is 575 g/mol. The Labute approximate surface area is 233 Å². The number of amides is 1. The highest BCUT2D eigenvalue weighted by Gasteiger charge is 2.28. The number of allylic oxidation sites excluding steroid dienone is 3. The molecule has 1 N–H and O–H groups in total. The zero-order chi connectivity index (χ0) is 26.6. The van der Waals surface area contributed by atoms with Crippen LogP contribution in [0, 0.1) is 6.92 Å². The van der Waals surface area contributed by atoms with E-state index in [1.165, 1.54) is 24.0 Å². The van der Waals surface area contributed by atoms with E-state index < -0.39 is 0 Å². The molecule has 0 radical (unpaired) electrons. The smallest absolute Gasteiger partial charge is 0.227 e. The molecule has 2 aromatic heterocycles. The van der Waals surface area contributed by atoms with E-state index in [2.05, 4.69) is 64.1 Å². The van der Waals surface area contributed by atoms with Crippen LogP contribution in [0.25, 0.3) is 5.65 Å². The molecule has 1 atom stereocenters. The highest BCUT2D eigenvalue weighted by molar-refractivity contribution is 9.10. The van der Waals surface area contributed by atoms with Crippen molar-refractivity contribution in [3.05, 3.63) is 93.8 Å². The fourth-order valence-corrected chi connectivity index (χ4v) is 5.62. The third-order valence-corrected chi connectivity index (χ3v) is 8.16. The zero-order valence-corrected chi connectivity index (χ0v) is 23.9. The van der Waals surface area contributed by atoms with Crippen LogP contribution in [0.2, 0.25) is 0 Å². The maximum absolute atomic E-state index is 13.4. The Balaban J connectivity index is 1.33. The number of carbonyl (C=O) groups is 1. The maximum Gasteiger partial charge on any atom is 0.227 e. The molecular formula is C31H36BrN5O. The summed E-state index contributed by atoms with van der Waals surface area (Å²) in [6.07, 6.45) is 14.7. The van der Waals surface area contributed by atoms with Crippen molar-refractivity contribution in [1.29, 1.82) is 0 Å². The van der Waals surface area contributed by atoms with Crippen molar-refractivity contribution in [2.45, 2.75) is 57.8 Å². The molecule has 198 valence electrons. The summed E-state index contributed by atoms with van der Waals surface area (Å²) in [7, 11) is 0. The number of rotatable bonds is 9. The maximum atomic E-state index is 13.4. The summed E-state index contributed by atoms with van der Waals surface area (Å²) in [6, 6.07) is 8.65. The Morgan fingerprint density at radius 2 is 2.08 bits per heavy atom. The first-order valence-electron chi connectivity index (χ1n) is 13.6. The van der Waals surface area contributed by atoms with Crippen LogP contribution < -0.4 is 5.32 Å². The third-order valence-electron chi connectivity index (χ3n) is 7.60. The van der Waals surface area contributed by atoms with Gasteiger partial charge in [-0.2, -0.15) is 9.61 Å². The van der Waals surface area contributed by atoms with E-state index >= 15 is 0 Å². The fraction of sp³-hybridized carbons (Fsp3) is 0.387.